The highest BCUT2D eigenvalue weighted by Gasteiger charge is 2.24. The molecule has 0 amide bonds. The van der Waals surface area contributed by atoms with Crippen molar-refractivity contribution in [1.29, 1.82) is 0 Å². The van der Waals surface area contributed by atoms with Gasteiger partial charge in [0.25, 0.3) is 0 Å². The Kier molecular flexibility index (Phi) is 9.87. The van der Waals surface area contributed by atoms with Crippen LogP contribution in [0.3, 0.4) is 0 Å². The molecule has 2 aromatic heterocycles. The van der Waals surface area contributed by atoms with Crippen LogP contribution in [0.2, 0.25) is 0 Å². The van der Waals surface area contributed by atoms with Crippen molar-refractivity contribution in [2.75, 3.05) is 6.26 Å². The van der Waals surface area contributed by atoms with E-state index in [9.17, 15) is 0 Å². The first kappa shape index (κ1) is 23.9. The van der Waals surface area contributed by atoms with Crippen molar-refractivity contribution in [3.8, 4) is 0 Å². The second kappa shape index (κ2) is 12.4. The van der Waals surface area contributed by atoms with Gasteiger partial charge < -0.3 is 5.32 Å². The summed E-state index contributed by atoms with van der Waals surface area (Å²) in [6.45, 7) is 11.4. The van der Waals surface area contributed by atoms with Crippen molar-refractivity contribution < 1.29 is 0 Å². The van der Waals surface area contributed by atoms with Crippen LogP contribution in [0.15, 0.2) is 70.9 Å². The molecule has 0 bridgehead atoms. The maximum absolute atomic E-state index is 4.93. The van der Waals surface area contributed by atoms with Gasteiger partial charge in [0.1, 0.15) is 5.82 Å². The number of aliphatic imine (C=N–C) groups is 1. The Morgan fingerprint density at radius 3 is 2.47 bits per heavy atom. The van der Waals surface area contributed by atoms with E-state index in [0.29, 0.717) is 5.92 Å². The molecular formula is C24H35N5S. The molecule has 0 aliphatic heterocycles. The number of allylic oxidation sites excluding steroid dienone is 1. The molecule has 0 saturated heterocycles. The van der Waals surface area contributed by atoms with Crippen molar-refractivity contribution in [3.05, 3.63) is 71.4 Å². The number of hydrogen-bond donors (Lipinski definition) is 1. The fourth-order valence-corrected chi connectivity index (χ4v) is 3.32. The summed E-state index contributed by atoms with van der Waals surface area (Å²) in [6.07, 6.45) is 13.5. The number of thioether (sulfide) groups is 1. The van der Waals surface area contributed by atoms with Crippen LogP contribution >= 0.6 is 11.8 Å². The van der Waals surface area contributed by atoms with Gasteiger partial charge in [0.05, 0.1) is 6.20 Å². The lowest BCUT2D eigenvalue weighted by Crippen LogP contribution is -2.17. The molecule has 162 valence electrons. The summed E-state index contributed by atoms with van der Waals surface area (Å²) in [5, 5.41) is 7.71. The Balaban J connectivity index is 0.000000456. The Bertz CT molecular complexity index is 823. The van der Waals surface area contributed by atoms with E-state index >= 15 is 0 Å². The lowest BCUT2D eigenvalue weighted by atomic mass is 10.00. The summed E-state index contributed by atoms with van der Waals surface area (Å²) < 4.78 is 1.82. The number of rotatable bonds is 9. The molecule has 1 N–H and O–H groups in total. The van der Waals surface area contributed by atoms with E-state index in [-0.39, 0.29) is 0 Å². The molecular weight excluding hydrogens is 390 g/mol. The first-order valence-electron chi connectivity index (χ1n) is 10.5. The van der Waals surface area contributed by atoms with Crippen molar-refractivity contribution in [3.63, 3.8) is 0 Å². The zero-order valence-corrected chi connectivity index (χ0v) is 19.7. The van der Waals surface area contributed by atoms with Gasteiger partial charge in [-0.3, -0.25) is 9.67 Å². The molecule has 2 heterocycles. The van der Waals surface area contributed by atoms with Crippen LogP contribution in [0.25, 0.3) is 0 Å². The van der Waals surface area contributed by atoms with Gasteiger partial charge in [-0.05, 0) is 50.5 Å². The van der Waals surface area contributed by atoms with Crippen molar-refractivity contribution in [2.45, 2.75) is 46.6 Å². The molecule has 1 unspecified atom stereocenters. The summed E-state index contributed by atoms with van der Waals surface area (Å²) in [5.41, 5.74) is 3.46. The highest BCUT2D eigenvalue weighted by Crippen LogP contribution is 2.35. The van der Waals surface area contributed by atoms with Crippen LogP contribution in [0.1, 0.15) is 45.6 Å². The Morgan fingerprint density at radius 1 is 1.30 bits per heavy atom. The molecule has 2 aromatic rings. The number of hydrogen-bond acceptors (Lipinski definition) is 5. The van der Waals surface area contributed by atoms with Gasteiger partial charge in [-0.15, -0.1) is 11.8 Å². The zero-order chi connectivity index (χ0) is 21.9. The maximum Gasteiger partial charge on any atom is 0.130 e. The summed E-state index contributed by atoms with van der Waals surface area (Å²) in [6, 6.07) is 5.72. The second-order valence-electron chi connectivity index (χ2n) is 7.83. The van der Waals surface area contributed by atoms with Crippen molar-refractivity contribution in [2.24, 2.45) is 23.9 Å². The lowest BCUT2D eigenvalue weighted by molar-refractivity contribution is 0.615. The van der Waals surface area contributed by atoms with E-state index in [2.05, 4.69) is 49.0 Å². The third kappa shape index (κ3) is 8.57. The zero-order valence-electron chi connectivity index (χ0n) is 18.9. The minimum absolute atomic E-state index is 0.531. The predicted octanol–water partition coefficient (Wildman–Crippen LogP) is 5.60. The van der Waals surface area contributed by atoms with E-state index in [1.165, 1.54) is 25.0 Å². The Hall–Kier alpha value is -2.34. The van der Waals surface area contributed by atoms with Gasteiger partial charge in [0.15, 0.2) is 0 Å². The van der Waals surface area contributed by atoms with Gasteiger partial charge in [-0.2, -0.15) is 5.10 Å². The minimum Gasteiger partial charge on any atom is -0.366 e. The summed E-state index contributed by atoms with van der Waals surface area (Å²) in [5.74, 6) is 2.38. The summed E-state index contributed by atoms with van der Waals surface area (Å²) in [4.78, 5) is 9.77. The average molecular weight is 426 g/mol. The first-order valence-corrected chi connectivity index (χ1v) is 11.7. The summed E-state index contributed by atoms with van der Waals surface area (Å²) >= 11 is 1.67. The third-order valence-corrected chi connectivity index (χ3v) is 5.99. The lowest BCUT2D eigenvalue weighted by Gasteiger charge is -2.15. The highest BCUT2D eigenvalue weighted by atomic mass is 32.2. The van der Waals surface area contributed by atoms with Gasteiger partial charge in [-0.1, -0.05) is 32.4 Å². The predicted molar refractivity (Wildman–Crippen MR) is 129 cm³/mol. The topological polar surface area (TPSA) is 55.1 Å². The summed E-state index contributed by atoms with van der Waals surface area (Å²) in [7, 11) is 1.93. The van der Waals surface area contributed by atoms with Gasteiger partial charge in [-0.25, -0.2) is 4.99 Å². The average Bonchev–Trinajstić information content (AvgIpc) is 3.49. The number of aryl methyl sites for hydroxylation is 1. The largest absolute Gasteiger partial charge is 0.366 e. The van der Waals surface area contributed by atoms with Crippen LogP contribution in [0, 0.1) is 11.8 Å². The second-order valence-corrected chi connectivity index (χ2v) is 8.74. The molecule has 6 heteroatoms. The first-order chi connectivity index (χ1) is 14.4. The molecule has 0 radical (unpaired) electrons. The number of nitrogens with zero attached hydrogens (tertiary/aromatic N) is 4. The van der Waals surface area contributed by atoms with Crippen molar-refractivity contribution in [1.82, 2.24) is 20.1 Å². The fraction of sp³-hybridized carbons (Fsp3) is 0.458. The highest BCUT2D eigenvalue weighted by molar-refractivity contribution is 8.02. The molecule has 1 aliphatic rings. The van der Waals surface area contributed by atoms with Gasteiger partial charge >= 0.3 is 0 Å². The Morgan fingerprint density at radius 2 is 2.00 bits per heavy atom. The fourth-order valence-electron chi connectivity index (χ4n) is 2.91. The van der Waals surface area contributed by atoms with Crippen LogP contribution in [-0.4, -0.2) is 26.7 Å². The van der Waals surface area contributed by atoms with Gasteiger partial charge in [0.2, 0.25) is 0 Å². The van der Waals surface area contributed by atoms with E-state index < -0.39 is 0 Å². The molecule has 1 aliphatic carbocycles. The quantitative estimate of drug-likeness (QED) is 0.420. The molecule has 1 saturated carbocycles. The molecule has 0 aromatic carbocycles. The number of nitrogens with one attached hydrogen (secondary N) is 1. The molecule has 5 nitrogen and oxygen atoms in total. The third-order valence-electron chi connectivity index (χ3n) is 5.19. The van der Waals surface area contributed by atoms with E-state index in [1.54, 1.807) is 24.2 Å². The van der Waals surface area contributed by atoms with E-state index in [4.69, 9.17) is 4.99 Å². The molecule has 1 atom stereocenters. The number of pyridine rings is 1. The van der Waals surface area contributed by atoms with Crippen LogP contribution < -0.4 is 5.32 Å². The molecule has 30 heavy (non-hydrogen) atoms. The van der Waals surface area contributed by atoms with E-state index in [1.807, 2.05) is 42.3 Å². The minimum atomic E-state index is 0.531. The van der Waals surface area contributed by atoms with E-state index in [0.717, 1.165) is 34.3 Å². The molecule has 0 spiro atoms. The maximum atomic E-state index is 4.93. The monoisotopic (exact) mass is 425 g/mol. The van der Waals surface area contributed by atoms with Crippen LogP contribution in [0.5, 0.6) is 0 Å². The van der Waals surface area contributed by atoms with Crippen LogP contribution in [-0.2, 0) is 13.6 Å². The normalized spacial score (nSPS) is 15.6. The SMILES string of the molecule is C=C(SC)/C(C)=C(\N=C(/C)C(C)CC1CC1)NCc1cnn(C)c1.c1ccncc1. The Labute approximate surface area is 185 Å². The van der Waals surface area contributed by atoms with Gasteiger partial charge in [0, 0.05) is 53.9 Å². The van der Waals surface area contributed by atoms with Crippen LogP contribution in [0.4, 0.5) is 0 Å². The van der Waals surface area contributed by atoms with Crippen molar-refractivity contribution >= 4 is 17.5 Å². The molecule has 1 fully saturated rings. The standard InChI is InChI=1S/C19H30N4S.C5H5N/c1-13(9-17-7-8-17)15(3)22-19(14(2)16(4)24-6)20-10-18-11-21-23(5)12-18;1-2-4-6-5-3-1/h11-13,17,20H,4,7-10H2,1-3,5-6H3;1-5H/b19-14-,22-15+;. The number of aromatic nitrogens is 3. The molecule has 3 rings (SSSR count). The smallest absolute Gasteiger partial charge is 0.130 e.